The van der Waals surface area contributed by atoms with E-state index in [0.717, 1.165) is 11.7 Å². The van der Waals surface area contributed by atoms with E-state index < -0.39 is 0 Å². The minimum atomic E-state index is -0.176. The van der Waals surface area contributed by atoms with Crippen molar-refractivity contribution in [3.8, 4) is 5.75 Å². The van der Waals surface area contributed by atoms with Crippen LogP contribution in [0.3, 0.4) is 0 Å². The van der Waals surface area contributed by atoms with Gasteiger partial charge in [0.1, 0.15) is 16.8 Å². The van der Waals surface area contributed by atoms with Crippen LogP contribution in [0.25, 0.3) is 11.0 Å². The van der Waals surface area contributed by atoms with Crippen LogP contribution in [-0.2, 0) is 4.79 Å². The minimum Gasteiger partial charge on any atom is -0.506 e. The van der Waals surface area contributed by atoms with Gasteiger partial charge in [-0.1, -0.05) is 0 Å². The van der Waals surface area contributed by atoms with Crippen molar-refractivity contribution in [2.75, 3.05) is 5.32 Å². The molecule has 2 N–H and O–H groups in total. The zero-order valence-corrected chi connectivity index (χ0v) is 8.13. The Balaban J connectivity index is 2.60. The second kappa shape index (κ2) is 3.22. The molecule has 0 unspecified atom stereocenters. The number of rotatable bonds is 1. The lowest BCUT2D eigenvalue weighted by Gasteiger charge is -2.02. The van der Waals surface area contributed by atoms with Crippen molar-refractivity contribution in [1.29, 1.82) is 0 Å². The van der Waals surface area contributed by atoms with Crippen LogP contribution < -0.4 is 5.32 Å². The molecule has 72 valence electrons. The number of carbonyl (C=O) groups excluding carboxylic acids is 1. The third-order valence-corrected chi connectivity index (χ3v) is 2.23. The number of phenolic OH excluding ortho intramolecular Hbond substituents is 1. The van der Waals surface area contributed by atoms with E-state index in [2.05, 4.69) is 14.1 Å². The van der Waals surface area contributed by atoms with Gasteiger partial charge in [-0.3, -0.25) is 4.79 Å². The van der Waals surface area contributed by atoms with Gasteiger partial charge >= 0.3 is 0 Å². The second-order valence-corrected chi connectivity index (χ2v) is 3.30. The number of aromatic nitrogens is 2. The molecule has 0 aliphatic rings. The quantitative estimate of drug-likeness (QED) is 0.695. The third kappa shape index (κ3) is 1.39. The molecule has 5 nitrogen and oxygen atoms in total. The lowest BCUT2D eigenvalue weighted by atomic mass is 10.2. The molecule has 0 spiro atoms. The summed E-state index contributed by atoms with van der Waals surface area (Å²) < 4.78 is 7.90. The molecule has 6 heteroatoms. The zero-order chi connectivity index (χ0) is 10.1. The fraction of sp³-hybridized carbons (Fsp3) is 0.125. The number of fused-ring (bicyclic) bond motifs is 1. The summed E-state index contributed by atoms with van der Waals surface area (Å²) in [5.41, 5.74) is 1.51. The second-order valence-electron chi connectivity index (χ2n) is 2.77. The molecule has 0 aliphatic carbocycles. The fourth-order valence-corrected chi connectivity index (χ4v) is 1.71. The Kier molecular flexibility index (Phi) is 2.05. The molecule has 1 amide bonds. The smallest absolute Gasteiger partial charge is 0.221 e. The molecule has 0 aliphatic heterocycles. The van der Waals surface area contributed by atoms with Crippen molar-refractivity contribution >= 4 is 34.4 Å². The summed E-state index contributed by atoms with van der Waals surface area (Å²) in [7, 11) is 0. The predicted octanol–water partition coefficient (Wildman–Crippen LogP) is 1.36. The summed E-state index contributed by atoms with van der Waals surface area (Å²) >= 11 is 0.997. The number of aromatic hydroxyl groups is 1. The van der Waals surface area contributed by atoms with Gasteiger partial charge in [-0.25, -0.2) is 0 Å². The van der Waals surface area contributed by atoms with Gasteiger partial charge in [-0.15, -0.1) is 0 Å². The predicted molar refractivity (Wildman–Crippen MR) is 53.4 cm³/mol. The van der Waals surface area contributed by atoms with Crippen molar-refractivity contribution in [2.24, 2.45) is 0 Å². The molecule has 0 fully saturated rings. The van der Waals surface area contributed by atoms with Crippen molar-refractivity contribution in [2.45, 2.75) is 6.92 Å². The molecule has 1 aromatic carbocycles. The standard InChI is InChI=1S/C8H7N3O2S/c1-4(12)9-5-2-3-6(13)8-7(5)10-14-11-8/h2-3,13H,1H3,(H,9,12). The van der Waals surface area contributed by atoms with E-state index >= 15 is 0 Å². The van der Waals surface area contributed by atoms with Crippen molar-refractivity contribution in [3.05, 3.63) is 12.1 Å². The largest absolute Gasteiger partial charge is 0.506 e. The molecule has 14 heavy (non-hydrogen) atoms. The van der Waals surface area contributed by atoms with E-state index in [-0.39, 0.29) is 11.7 Å². The molecule has 1 heterocycles. The summed E-state index contributed by atoms with van der Waals surface area (Å²) in [6, 6.07) is 3.08. The number of nitrogens with zero attached hydrogens (tertiary/aromatic N) is 2. The first-order chi connectivity index (χ1) is 6.68. The van der Waals surface area contributed by atoms with Crippen LogP contribution in [0, 0.1) is 0 Å². The SMILES string of the molecule is CC(=O)Nc1ccc(O)c2nsnc12. The maximum atomic E-state index is 10.8. The normalized spacial score (nSPS) is 10.4. The zero-order valence-electron chi connectivity index (χ0n) is 7.31. The number of phenols is 1. The number of carbonyl (C=O) groups is 1. The summed E-state index contributed by atoms with van der Waals surface area (Å²) in [6.45, 7) is 1.42. The van der Waals surface area contributed by atoms with Gasteiger partial charge in [0, 0.05) is 6.92 Å². The Morgan fingerprint density at radius 3 is 2.86 bits per heavy atom. The van der Waals surface area contributed by atoms with Gasteiger partial charge in [0.2, 0.25) is 5.91 Å². The summed E-state index contributed by atoms with van der Waals surface area (Å²) in [5, 5.41) is 12.0. The van der Waals surface area contributed by atoms with E-state index in [1.54, 1.807) is 6.07 Å². The van der Waals surface area contributed by atoms with Gasteiger partial charge in [-0.2, -0.15) is 8.75 Å². The highest BCUT2D eigenvalue weighted by Gasteiger charge is 2.09. The molecule has 0 radical (unpaired) electrons. The maximum Gasteiger partial charge on any atom is 0.221 e. The Hall–Kier alpha value is -1.69. The van der Waals surface area contributed by atoms with E-state index in [4.69, 9.17) is 0 Å². The third-order valence-electron chi connectivity index (χ3n) is 1.70. The van der Waals surface area contributed by atoms with Gasteiger partial charge in [0.25, 0.3) is 0 Å². The van der Waals surface area contributed by atoms with E-state index in [1.807, 2.05) is 0 Å². The van der Waals surface area contributed by atoms with Crippen LogP contribution in [0.1, 0.15) is 6.92 Å². The number of hydrogen-bond acceptors (Lipinski definition) is 5. The monoisotopic (exact) mass is 209 g/mol. The maximum absolute atomic E-state index is 10.8. The summed E-state index contributed by atoms with van der Waals surface area (Å²) in [5.74, 6) is -0.104. The average Bonchev–Trinajstić information content (AvgIpc) is 2.58. The lowest BCUT2D eigenvalue weighted by Crippen LogP contribution is -2.05. The van der Waals surface area contributed by atoms with Gasteiger partial charge in [0.15, 0.2) is 0 Å². The topological polar surface area (TPSA) is 75.1 Å². The summed E-state index contributed by atoms with van der Waals surface area (Å²) in [6.07, 6.45) is 0. The van der Waals surface area contributed by atoms with Gasteiger partial charge in [-0.05, 0) is 12.1 Å². The van der Waals surface area contributed by atoms with E-state index in [0.29, 0.717) is 16.7 Å². The number of amides is 1. The molecular formula is C8H7N3O2S. The fourth-order valence-electron chi connectivity index (χ4n) is 1.14. The first kappa shape index (κ1) is 8.89. The highest BCUT2D eigenvalue weighted by Crippen LogP contribution is 2.28. The first-order valence-electron chi connectivity index (χ1n) is 3.90. The lowest BCUT2D eigenvalue weighted by molar-refractivity contribution is -0.114. The molecule has 2 aromatic rings. The van der Waals surface area contributed by atoms with Crippen LogP contribution in [0.2, 0.25) is 0 Å². The number of benzene rings is 1. The van der Waals surface area contributed by atoms with Crippen molar-refractivity contribution < 1.29 is 9.90 Å². The number of anilines is 1. The number of nitrogens with one attached hydrogen (secondary N) is 1. The molecule has 2 rings (SSSR count). The first-order valence-corrected chi connectivity index (χ1v) is 4.63. The molecule has 1 aromatic heterocycles. The molecular weight excluding hydrogens is 202 g/mol. The highest BCUT2D eigenvalue weighted by molar-refractivity contribution is 7.00. The minimum absolute atomic E-state index is 0.0721. The van der Waals surface area contributed by atoms with E-state index in [9.17, 15) is 9.90 Å². The Bertz CT molecular complexity index is 494. The van der Waals surface area contributed by atoms with Crippen LogP contribution in [0.15, 0.2) is 12.1 Å². The van der Waals surface area contributed by atoms with Gasteiger partial charge in [0.05, 0.1) is 17.4 Å². The van der Waals surface area contributed by atoms with Crippen LogP contribution in [-0.4, -0.2) is 19.8 Å². The molecule has 0 saturated carbocycles. The highest BCUT2D eigenvalue weighted by atomic mass is 32.1. The molecule has 0 saturated heterocycles. The van der Waals surface area contributed by atoms with Crippen molar-refractivity contribution in [3.63, 3.8) is 0 Å². The van der Waals surface area contributed by atoms with Gasteiger partial charge < -0.3 is 10.4 Å². The molecule has 0 atom stereocenters. The van der Waals surface area contributed by atoms with Crippen LogP contribution in [0.4, 0.5) is 5.69 Å². The summed E-state index contributed by atoms with van der Waals surface area (Å²) in [4.78, 5) is 10.8. The Labute approximate surface area is 83.7 Å². The molecule has 0 bridgehead atoms. The van der Waals surface area contributed by atoms with E-state index in [1.165, 1.54) is 13.0 Å². The van der Waals surface area contributed by atoms with Crippen LogP contribution >= 0.6 is 11.7 Å². The van der Waals surface area contributed by atoms with Crippen LogP contribution in [0.5, 0.6) is 5.75 Å². The Morgan fingerprint density at radius 1 is 1.43 bits per heavy atom. The van der Waals surface area contributed by atoms with Crippen molar-refractivity contribution in [1.82, 2.24) is 8.75 Å². The number of hydrogen-bond donors (Lipinski definition) is 2. The average molecular weight is 209 g/mol. The Morgan fingerprint density at radius 2 is 2.14 bits per heavy atom.